The molecule has 0 N–H and O–H groups in total. The van der Waals surface area contributed by atoms with Crippen molar-refractivity contribution in [2.24, 2.45) is 0 Å². The summed E-state index contributed by atoms with van der Waals surface area (Å²) in [6.07, 6.45) is 7.40. The minimum Gasteiger partial charge on any atom is -0.494 e. The van der Waals surface area contributed by atoms with Gasteiger partial charge in [-0.3, -0.25) is 4.79 Å². The van der Waals surface area contributed by atoms with Crippen LogP contribution in [-0.4, -0.2) is 60.5 Å². The lowest BCUT2D eigenvalue weighted by atomic mass is 10.1. The summed E-state index contributed by atoms with van der Waals surface area (Å²) in [4.78, 5) is 15.9. The molecule has 9 heteroatoms. The molecule has 29 heavy (non-hydrogen) atoms. The number of hydrogen-bond acceptors (Lipinski definition) is 6. The highest BCUT2D eigenvalue weighted by Crippen LogP contribution is 2.22. The van der Waals surface area contributed by atoms with Crippen molar-refractivity contribution in [3.63, 3.8) is 0 Å². The molecule has 152 valence electrons. The molecule has 0 radical (unpaired) electrons. The van der Waals surface area contributed by atoms with Gasteiger partial charge in [-0.05, 0) is 30.5 Å². The predicted octanol–water partition coefficient (Wildman–Crippen LogP) is 1.72. The fourth-order valence-electron chi connectivity index (χ4n) is 3.24. The Balaban J connectivity index is 1.20. The van der Waals surface area contributed by atoms with Crippen LogP contribution in [0.15, 0.2) is 42.9 Å². The molecule has 0 spiro atoms. The van der Waals surface area contributed by atoms with E-state index in [2.05, 4.69) is 27.4 Å². The summed E-state index contributed by atoms with van der Waals surface area (Å²) in [5.41, 5.74) is 1.95. The molecular weight excluding hydrogens is 370 g/mol. The van der Waals surface area contributed by atoms with Crippen LogP contribution in [0.5, 0.6) is 5.75 Å². The van der Waals surface area contributed by atoms with Crippen molar-refractivity contribution < 1.29 is 9.53 Å². The zero-order valence-electron chi connectivity index (χ0n) is 16.5. The highest BCUT2D eigenvalue weighted by Gasteiger charge is 2.32. The molecule has 2 aromatic heterocycles. The van der Waals surface area contributed by atoms with E-state index in [1.165, 1.54) is 0 Å². The molecule has 1 aliphatic heterocycles. The minimum atomic E-state index is 0.175. The molecule has 1 fully saturated rings. The Kier molecular flexibility index (Phi) is 5.83. The minimum absolute atomic E-state index is 0.175. The third-order valence-corrected chi connectivity index (χ3v) is 4.94. The van der Waals surface area contributed by atoms with E-state index in [-0.39, 0.29) is 11.9 Å². The van der Waals surface area contributed by atoms with Crippen LogP contribution >= 0.6 is 0 Å². The lowest BCUT2D eigenvalue weighted by Crippen LogP contribution is -2.51. The molecule has 1 aromatic carbocycles. The molecular formula is C20H25N7O2. The predicted molar refractivity (Wildman–Crippen MR) is 105 cm³/mol. The van der Waals surface area contributed by atoms with Crippen LogP contribution in [0.25, 0.3) is 0 Å². The van der Waals surface area contributed by atoms with Gasteiger partial charge in [-0.15, -0.1) is 5.10 Å². The van der Waals surface area contributed by atoms with E-state index in [1.807, 2.05) is 40.0 Å². The average Bonchev–Trinajstić information content (AvgIpc) is 3.37. The van der Waals surface area contributed by atoms with Gasteiger partial charge in [0, 0.05) is 19.5 Å². The Morgan fingerprint density at radius 1 is 1.17 bits per heavy atom. The number of nitrogens with zero attached hydrogens (tertiary/aromatic N) is 7. The Labute approximate surface area is 169 Å². The van der Waals surface area contributed by atoms with Crippen LogP contribution in [0.4, 0.5) is 0 Å². The SMILES string of the molecule is CCCOc1ccc(CCC(=O)N2CC(n3cc(Cn4nccn4)nn3)C2)cc1. The maximum Gasteiger partial charge on any atom is 0.223 e. The number of rotatable bonds is 9. The first kappa shape index (κ1) is 19.1. The van der Waals surface area contributed by atoms with Gasteiger partial charge in [0.05, 0.1) is 31.2 Å². The summed E-state index contributed by atoms with van der Waals surface area (Å²) in [5, 5.41) is 16.5. The number of likely N-dealkylation sites (tertiary alicyclic amines) is 1. The highest BCUT2D eigenvalue weighted by atomic mass is 16.5. The van der Waals surface area contributed by atoms with Gasteiger partial charge in [0.2, 0.25) is 5.91 Å². The molecule has 1 amide bonds. The topological polar surface area (TPSA) is 91.0 Å². The van der Waals surface area contributed by atoms with Crippen LogP contribution in [0, 0.1) is 0 Å². The second-order valence-electron chi connectivity index (χ2n) is 7.19. The van der Waals surface area contributed by atoms with Gasteiger partial charge >= 0.3 is 0 Å². The Morgan fingerprint density at radius 2 is 1.93 bits per heavy atom. The summed E-state index contributed by atoms with van der Waals surface area (Å²) < 4.78 is 7.42. The molecule has 0 atom stereocenters. The summed E-state index contributed by atoms with van der Waals surface area (Å²) in [6.45, 7) is 4.64. The normalized spacial score (nSPS) is 14.0. The second-order valence-corrected chi connectivity index (χ2v) is 7.19. The van der Waals surface area contributed by atoms with E-state index in [1.54, 1.807) is 17.2 Å². The molecule has 9 nitrogen and oxygen atoms in total. The Hall–Kier alpha value is -3.23. The van der Waals surface area contributed by atoms with E-state index in [0.29, 0.717) is 26.1 Å². The molecule has 0 unspecified atom stereocenters. The van der Waals surface area contributed by atoms with Crippen molar-refractivity contribution in [3.8, 4) is 5.75 Å². The Morgan fingerprint density at radius 3 is 2.66 bits per heavy atom. The van der Waals surface area contributed by atoms with E-state index in [9.17, 15) is 4.79 Å². The lowest BCUT2D eigenvalue weighted by molar-refractivity contribution is -0.137. The number of aryl methyl sites for hydroxylation is 1. The van der Waals surface area contributed by atoms with E-state index >= 15 is 0 Å². The quantitative estimate of drug-likeness (QED) is 0.548. The van der Waals surface area contributed by atoms with Gasteiger partial charge < -0.3 is 9.64 Å². The molecule has 3 aromatic rings. The zero-order valence-corrected chi connectivity index (χ0v) is 16.5. The summed E-state index contributed by atoms with van der Waals surface area (Å²) in [6, 6.07) is 8.18. The van der Waals surface area contributed by atoms with Gasteiger partial charge in [-0.25, -0.2) is 4.68 Å². The van der Waals surface area contributed by atoms with E-state index < -0.39 is 0 Å². The maximum atomic E-state index is 12.4. The fourth-order valence-corrected chi connectivity index (χ4v) is 3.24. The molecule has 3 heterocycles. The summed E-state index contributed by atoms with van der Waals surface area (Å²) >= 11 is 0. The summed E-state index contributed by atoms with van der Waals surface area (Å²) in [7, 11) is 0. The first-order valence-corrected chi connectivity index (χ1v) is 9.95. The number of aromatic nitrogens is 6. The molecule has 1 aliphatic rings. The van der Waals surface area contributed by atoms with Gasteiger partial charge in [0.25, 0.3) is 0 Å². The number of benzene rings is 1. The molecule has 4 rings (SSSR count). The lowest BCUT2D eigenvalue weighted by Gasteiger charge is -2.39. The monoisotopic (exact) mass is 395 g/mol. The van der Waals surface area contributed by atoms with E-state index in [4.69, 9.17) is 4.74 Å². The van der Waals surface area contributed by atoms with E-state index in [0.717, 1.165) is 36.5 Å². The second kappa shape index (κ2) is 8.85. The number of amides is 1. The molecule has 0 bridgehead atoms. The molecule has 0 aliphatic carbocycles. The van der Waals surface area contributed by atoms with Gasteiger partial charge in [-0.1, -0.05) is 24.3 Å². The Bertz CT molecular complexity index is 915. The van der Waals surface area contributed by atoms with Gasteiger partial charge in [-0.2, -0.15) is 15.0 Å². The molecule has 1 saturated heterocycles. The van der Waals surface area contributed by atoms with Crippen molar-refractivity contribution in [2.45, 2.75) is 38.8 Å². The van der Waals surface area contributed by atoms with Crippen molar-refractivity contribution in [2.75, 3.05) is 19.7 Å². The van der Waals surface area contributed by atoms with Crippen molar-refractivity contribution >= 4 is 5.91 Å². The van der Waals surface area contributed by atoms with Gasteiger partial charge in [0.1, 0.15) is 18.0 Å². The average molecular weight is 395 g/mol. The third-order valence-electron chi connectivity index (χ3n) is 4.94. The first-order valence-electron chi connectivity index (χ1n) is 9.95. The van der Waals surface area contributed by atoms with Crippen molar-refractivity contribution in [3.05, 3.63) is 54.1 Å². The van der Waals surface area contributed by atoms with Crippen molar-refractivity contribution in [1.29, 1.82) is 0 Å². The number of carbonyl (C=O) groups is 1. The standard InChI is InChI=1S/C20H25N7O2/c1-2-11-29-19-6-3-16(4-7-19)5-8-20(28)25-14-18(15-25)26-12-17(23-24-26)13-27-21-9-10-22-27/h3-4,6-7,9-10,12,18H,2,5,8,11,13-15H2,1H3. The number of ether oxygens (including phenoxy) is 1. The smallest absolute Gasteiger partial charge is 0.223 e. The van der Waals surface area contributed by atoms with Crippen molar-refractivity contribution in [1.82, 2.24) is 34.9 Å². The van der Waals surface area contributed by atoms with Gasteiger partial charge in [0.15, 0.2) is 0 Å². The van der Waals surface area contributed by atoms with Crippen LogP contribution in [0.3, 0.4) is 0 Å². The van der Waals surface area contributed by atoms with Crippen LogP contribution in [0.1, 0.15) is 37.1 Å². The van der Waals surface area contributed by atoms with Crippen LogP contribution in [0.2, 0.25) is 0 Å². The fraction of sp³-hybridized carbons (Fsp3) is 0.450. The third kappa shape index (κ3) is 4.79. The van der Waals surface area contributed by atoms with Crippen LogP contribution in [-0.2, 0) is 17.8 Å². The molecule has 0 saturated carbocycles. The summed E-state index contributed by atoms with van der Waals surface area (Å²) in [5.74, 6) is 1.05. The number of hydrogen-bond donors (Lipinski definition) is 0. The number of carbonyl (C=O) groups excluding carboxylic acids is 1. The zero-order chi connectivity index (χ0) is 20.1. The largest absolute Gasteiger partial charge is 0.494 e. The first-order chi connectivity index (χ1) is 14.2. The maximum absolute atomic E-state index is 12.4. The van der Waals surface area contributed by atoms with Crippen LogP contribution < -0.4 is 4.74 Å². The highest BCUT2D eigenvalue weighted by molar-refractivity contribution is 5.77.